The fraction of sp³-hybridized carbons (Fsp3) is 0.875. The summed E-state index contributed by atoms with van der Waals surface area (Å²) < 4.78 is -0.606. The van der Waals surface area contributed by atoms with Gasteiger partial charge in [-0.05, 0) is 25.2 Å². The molecule has 0 aromatic rings. The van der Waals surface area contributed by atoms with Gasteiger partial charge in [-0.15, -0.1) is 23.2 Å². The molecule has 0 saturated heterocycles. The van der Waals surface area contributed by atoms with Crippen LogP contribution in [0.1, 0.15) is 19.3 Å². The van der Waals surface area contributed by atoms with Crippen LogP contribution in [-0.4, -0.2) is 10.6 Å². The molecule has 61 valence electrons. The summed E-state index contributed by atoms with van der Waals surface area (Å²) in [5.41, 5.74) is 0. The predicted molar refractivity (Wildman–Crippen MR) is 44.5 cm³/mol. The van der Waals surface area contributed by atoms with E-state index in [9.17, 15) is 4.79 Å². The monoisotopic (exact) mass is 191 g/mol. The summed E-state index contributed by atoms with van der Waals surface area (Å²) in [6.45, 7) is 0. The fourth-order valence-corrected chi connectivity index (χ4v) is 2.19. The molecule has 2 rings (SSSR count). The maximum Gasteiger partial charge on any atom is 0.202 e. The standard InChI is InChI=1S/C8H9Cl2O/c9-8(10)3-7(8)6(4-11)5-1-2-5/h5-7H,1-3H2. The summed E-state index contributed by atoms with van der Waals surface area (Å²) in [7, 11) is 0. The van der Waals surface area contributed by atoms with Crippen molar-refractivity contribution in [3.8, 4) is 0 Å². The molecule has 0 N–H and O–H groups in total. The van der Waals surface area contributed by atoms with Gasteiger partial charge >= 0.3 is 0 Å². The Morgan fingerprint density at radius 1 is 1.45 bits per heavy atom. The molecule has 0 spiro atoms. The van der Waals surface area contributed by atoms with Gasteiger partial charge in [-0.1, -0.05) is 0 Å². The van der Waals surface area contributed by atoms with E-state index in [0.717, 1.165) is 19.3 Å². The third-order valence-corrected chi connectivity index (χ3v) is 3.44. The lowest BCUT2D eigenvalue weighted by molar-refractivity contribution is 0.464. The van der Waals surface area contributed by atoms with Crippen LogP contribution in [-0.2, 0) is 4.79 Å². The average Bonchev–Trinajstić information content (AvgIpc) is 2.76. The van der Waals surface area contributed by atoms with Gasteiger partial charge in [0.25, 0.3) is 0 Å². The van der Waals surface area contributed by atoms with E-state index in [1.54, 1.807) is 0 Å². The SMILES string of the molecule is O=[C]C(C1CC1)C1CC1(Cl)Cl. The molecule has 3 heteroatoms. The maximum absolute atomic E-state index is 10.5. The number of carbonyl (C=O) groups excluding carboxylic acids is 1. The number of hydrogen-bond donors (Lipinski definition) is 0. The van der Waals surface area contributed by atoms with Crippen LogP contribution in [0.25, 0.3) is 0 Å². The molecule has 0 amide bonds. The first kappa shape index (κ1) is 7.88. The molecule has 1 nitrogen and oxygen atoms in total. The maximum atomic E-state index is 10.5. The summed E-state index contributed by atoms with van der Waals surface area (Å²) >= 11 is 11.7. The normalized spacial score (nSPS) is 36.4. The van der Waals surface area contributed by atoms with Crippen molar-refractivity contribution < 1.29 is 4.79 Å². The fourth-order valence-electron chi connectivity index (χ4n) is 1.59. The van der Waals surface area contributed by atoms with Gasteiger partial charge in [0.05, 0.1) is 0 Å². The summed E-state index contributed by atoms with van der Waals surface area (Å²) in [4.78, 5) is 10.5. The van der Waals surface area contributed by atoms with Gasteiger partial charge < -0.3 is 0 Å². The zero-order chi connectivity index (χ0) is 8.06. The van der Waals surface area contributed by atoms with E-state index in [4.69, 9.17) is 23.2 Å². The van der Waals surface area contributed by atoms with Crippen LogP contribution in [0.3, 0.4) is 0 Å². The first-order valence-corrected chi connectivity index (χ1v) is 4.66. The highest BCUT2D eigenvalue weighted by Crippen LogP contribution is 2.60. The summed E-state index contributed by atoms with van der Waals surface area (Å²) in [6, 6.07) is 0. The highest BCUT2D eigenvalue weighted by molar-refractivity contribution is 6.51. The molecule has 0 aromatic carbocycles. The van der Waals surface area contributed by atoms with Gasteiger partial charge in [-0.2, -0.15) is 0 Å². The molecule has 11 heavy (non-hydrogen) atoms. The Labute approximate surface area is 76.1 Å². The lowest BCUT2D eigenvalue weighted by Crippen LogP contribution is -2.11. The Morgan fingerprint density at radius 3 is 2.27 bits per heavy atom. The van der Waals surface area contributed by atoms with Gasteiger partial charge in [0.1, 0.15) is 4.33 Å². The lowest BCUT2D eigenvalue weighted by Gasteiger charge is -2.05. The van der Waals surface area contributed by atoms with Crippen LogP contribution in [0.5, 0.6) is 0 Å². The molecule has 2 saturated carbocycles. The number of rotatable bonds is 3. The van der Waals surface area contributed by atoms with Crippen LogP contribution < -0.4 is 0 Å². The van der Waals surface area contributed by atoms with Crippen molar-refractivity contribution in [1.82, 2.24) is 0 Å². The largest absolute Gasteiger partial charge is 0.291 e. The summed E-state index contributed by atoms with van der Waals surface area (Å²) in [6.07, 6.45) is 5.14. The minimum atomic E-state index is -0.606. The molecule has 1 radical (unpaired) electrons. The van der Waals surface area contributed by atoms with Crippen molar-refractivity contribution in [2.24, 2.45) is 17.8 Å². The summed E-state index contributed by atoms with van der Waals surface area (Å²) in [5.74, 6) is 0.748. The van der Waals surface area contributed by atoms with Crippen LogP contribution >= 0.6 is 23.2 Å². The first-order valence-electron chi connectivity index (χ1n) is 3.90. The second kappa shape index (κ2) is 2.37. The van der Waals surface area contributed by atoms with Gasteiger partial charge in [0.15, 0.2) is 0 Å². The number of alkyl halides is 2. The molecular formula is C8H9Cl2O. The average molecular weight is 192 g/mol. The third kappa shape index (κ3) is 1.41. The van der Waals surface area contributed by atoms with Gasteiger partial charge in [-0.25, -0.2) is 0 Å². The topological polar surface area (TPSA) is 17.1 Å². The Morgan fingerprint density at radius 2 is 2.00 bits per heavy atom. The Hall–Kier alpha value is 0.250. The van der Waals surface area contributed by atoms with Crippen molar-refractivity contribution in [2.45, 2.75) is 23.6 Å². The van der Waals surface area contributed by atoms with Crippen molar-refractivity contribution in [3.63, 3.8) is 0 Å². The van der Waals surface area contributed by atoms with E-state index in [0.29, 0.717) is 5.92 Å². The molecule has 0 aliphatic heterocycles. The molecule has 2 aliphatic rings. The third-order valence-electron chi connectivity index (χ3n) is 2.57. The Bertz CT molecular complexity index is 187. The number of hydrogen-bond acceptors (Lipinski definition) is 1. The minimum absolute atomic E-state index is 0.0185. The Kier molecular flexibility index (Phi) is 1.69. The van der Waals surface area contributed by atoms with E-state index >= 15 is 0 Å². The van der Waals surface area contributed by atoms with E-state index in [1.165, 1.54) is 0 Å². The molecule has 2 aliphatic carbocycles. The van der Waals surface area contributed by atoms with Crippen molar-refractivity contribution >= 4 is 29.5 Å². The van der Waals surface area contributed by atoms with Gasteiger partial charge in [0, 0.05) is 11.8 Å². The van der Waals surface area contributed by atoms with Crippen LogP contribution in [0, 0.1) is 17.8 Å². The van der Waals surface area contributed by atoms with Crippen molar-refractivity contribution in [3.05, 3.63) is 0 Å². The first-order chi connectivity index (χ1) is 5.15. The van der Waals surface area contributed by atoms with E-state index < -0.39 is 4.33 Å². The minimum Gasteiger partial charge on any atom is -0.291 e. The zero-order valence-corrected chi connectivity index (χ0v) is 7.53. The molecule has 2 unspecified atom stereocenters. The summed E-state index contributed by atoms with van der Waals surface area (Å²) in [5, 5.41) is 0. The van der Waals surface area contributed by atoms with Gasteiger partial charge in [0.2, 0.25) is 6.29 Å². The van der Waals surface area contributed by atoms with E-state index in [2.05, 4.69) is 6.29 Å². The van der Waals surface area contributed by atoms with Crippen molar-refractivity contribution in [2.75, 3.05) is 0 Å². The Balaban J connectivity index is 1.97. The molecule has 2 atom stereocenters. The quantitative estimate of drug-likeness (QED) is 0.627. The zero-order valence-electron chi connectivity index (χ0n) is 6.02. The van der Waals surface area contributed by atoms with Crippen molar-refractivity contribution in [1.29, 1.82) is 0 Å². The lowest BCUT2D eigenvalue weighted by atomic mass is 10.0. The van der Waals surface area contributed by atoms with Crippen LogP contribution in [0.2, 0.25) is 0 Å². The molecule has 0 heterocycles. The smallest absolute Gasteiger partial charge is 0.202 e. The molecule has 0 aromatic heterocycles. The predicted octanol–water partition coefficient (Wildman–Crippen LogP) is 2.32. The van der Waals surface area contributed by atoms with E-state index in [1.807, 2.05) is 0 Å². The molecule has 2 fully saturated rings. The van der Waals surface area contributed by atoms with Crippen LogP contribution in [0.15, 0.2) is 0 Å². The molecule has 0 bridgehead atoms. The van der Waals surface area contributed by atoms with Gasteiger partial charge in [-0.3, -0.25) is 4.79 Å². The highest BCUT2D eigenvalue weighted by atomic mass is 35.5. The van der Waals surface area contributed by atoms with Crippen LogP contribution in [0.4, 0.5) is 0 Å². The second-order valence-corrected chi connectivity index (χ2v) is 5.10. The highest BCUT2D eigenvalue weighted by Gasteiger charge is 2.58. The second-order valence-electron chi connectivity index (χ2n) is 3.55. The van der Waals surface area contributed by atoms with E-state index in [-0.39, 0.29) is 11.8 Å². The number of halogens is 2. The molecular weight excluding hydrogens is 183 g/mol.